The number of carboxylic acids is 2. The Balaban J connectivity index is 0. The normalized spacial score (nSPS) is 12.2. The molecule has 0 aliphatic rings. The summed E-state index contributed by atoms with van der Waals surface area (Å²) >= 11 is 1.62. The van der Waals surface area contributed by atoms with Crippen LogP contribution in [0, 0.1) is 6.92 Å². The number of carboxylic acid groups (broad SMARTS) is 2. The van der Waals surface area contributed by atoms with Crippen LogP contribution in [-0.2, 0) is 9.59 Å². The molecule has 1 aromatic rings. The van der Waals surface area contributed by atoms with E-state index in [0.717, 1.165) is 10.7 Å². The third-order valence-corrected chi connectivity index (χ3v) is 2.67. The molecule has 1 aromatic heterocycles. The number of alkyl halides is 6. The largest absolute Gasteiger partial charge is 0.490 e. The third kappa shape index (κ3) is 12.3. The summed E-state index contributed by atoms with van der Waals surface area (Å²) < 4.78 is 63.5. The number of hydrogen-bond donors (Lipinski definition) is 3. The SMILES string of the molecule is Cc1csc([C@@H](C)N)n1.O=C(O)C(F)(F)F.O=C(O)C(F)(F)F. The smallest absolute Gasteiger partial charge is 0.475 e. The van der Waals surface area contributed by atoms with Crippen LogP contribution in [0.1, 0.15) is 23.7 Å². The number of halogens is 6. The molecule has 0 saturated carbocycles. The van der Waals surface area contributed by atoms with Gasteiger partial charge >= 0.3 is 24.3 Å². The van der Waals surface area contributed by atoms with E-state index in [1.54, 1.807) is 11.3 Å². The number of hydrogen-bond acceptors (Lipinski definition) is 5. The number of aryl methyl sites for hydroxylation is 1. The van der Waals surface area contributed by atoms with Crippen molar-refractivity contribution in [3.05, 3.63) is 16.1 Å². The number of nitrogens with zero attached hydrogens (tertiary/aromatic N) is 1. The first kappa shape index (κ1) is 23.4. The molecule has 1 atom stereocenters. The molecule has 1 heterocycles. The maximum absolute atomic E-state index is 10.6. The van der Waals surface area contributed by atoms with Crippen molar-refractivity contribution in [3.63, 3.8) is 0 Å². The van der Waals surface area contributed by atoms with Gasteiger partial charge in [-0.05, 0) is 13.8 Å². The van der Waals surface area contributed by atoms with Crippen molar-refractivity contribution in [2.75, 3.05) is 0 Å². The van der Waals surface area contributed by atoms with Crippen LogP contribution >= 0.6 is 11.3 Å². The van der Waals surface area contributed by atoms with Crippen molar-refractivity contribution >= 4 is 23.3 Å². The van der Waals surface area contributed by atoms with Gasteiger partial charge in [0.25, 0.3) is 0 Å². The predicted octanol–water partition coefficient (Wildman–Crippen LogP) is 2.74. The van der Waals surface area contributed by atoms with Gasteiger partial charge in [-0.15, -0.1) is 11.3 Å². The summed E-state index contributed by atoms with van der Waals surface area (Å²) in [5, 5.41) is 17.3. The highest BCUT2D eigenvalue weighted by Crippen LogP contribution is 2.14. The molecular formula is C10H12F6N2O4S. The molecule has 23 heavy (non-hydrogen) atoms. The van der Waals surface area contributed by atoms with Crippen molar-refractivity contribution in [1.82, 2.24) is 4.98 Å². The molecule has 0 saturated heterocycles. The molecule has 13 heteroatoms. The summed E-state index contributed by atoms with van der Waals surface area (Å²) in [6, 6.07) is 0.0868. The molecule has 0 aromatic carbocycles. The van der Waals surface area contributed by atoms with E-state index >= 15 is 0 Å². The van der Waals surface area contributed by atoms with Crippen LogP contribution in [0.3, 0.4) is 0 Å². The average molecular weight is 370 g/mol. The van der Waals surface area contributed by atoms with E-state index < -0.39 is 24.3 Å². The van der Waals surface area contributed by atoms with E-state index in [4.69, 9.17) is 25.5 Å². The second-order valence-electron chi connectivity index (χ2n) is 3.72. The van der Waals surface area contributed by atoms with Crippen LogP contribution < -0.4 is 5.73 Å². The minimum Gasteiger partial charge on any atom is -0.475 e. The Morgan fingerprint density at radius 3 is 1.52 bits per heavy atom. The van der Waals surface area contributed by atoms with Gasteiger partial charge in [0.2, 0.25) is 0 Å². The Labute approximate surface area is 129 Å². The molecular weight excluding hydrogens is 358 g/mol. The highest BCUT2D eigenvalue weighted by molar-refractivity contribution is 7.09. The maximum atomic E-state index is 10.6. The molecule has 0 aliphatic carbocycles. The lowest BCUT2D eigenvalue weighted by Crippen LogP contribution is -2.21. The number of rotatable bonds is 1. The lowest BCUT2D eigenvalue weighted by atomic mass is 10.4. The van der Waals surface area contributed by atoms with E-state index in [-0.39, 0.29) is 6.04 Å². The van der Waals surface area contributed by atoms with Crippen LogP contribution in [-0.4, -0.2) is 39.5 Å². The molecule has 0 radical (unpaired) electrons. The maximum Gasteiger partial charge on any atom is 0.490 e. The molecule has 0 amide bonds. The monoisotopic (exact) mass is 370 g/mol. The van der Waals surface area contributed by atoms with Crippen LogP contribution in [0.15, 0.2) is 5.38 Å². The fraction of sp³-hybridized carbons (Fsp3) is 0.500. The number of nitrogens with two attached hydrogens (primary N) is 1. The molecule has 0 spiro atoms. The fourth-order valence-corrected chi connectivity index (χ4v) is 1.34. The highest BCUT2D eigenvalue weighted by atomic mass is 32.1. The van der Waals surface area contributed by atoms with Gasteiger partial charge in [-0.1, -0.05) is 0 Å². The second kappa shape index (κ2) is 9.29. The zero-order valence-corrected chi connectivity index (χ0v) is 12.4. The summed E-state index contributed by atoms with van der Waals surface area (Å²) in [6.07, 6.45) is -10.2. The molecule has 0 aliphatic heterocycles. The Bertz CT molecular complexity index is 488. The Kier molecular flexibility index (Phi) is 9.45. The Morgan fingerprint density at radius 1 is 1.13 bits per heavy atom. The van der Waals surface area contributed by atoms with Crippen LogP contribution in [0.5, 0.6) is 0 Å². The van der Waals surface area contributed by atoms with Gasteiger partial charge in [0, 0.05) is 11.1 Å². The molecule has 4 N–H and O–H groups in total. The number of aliphatic carboxylic acids is 2. The lowest BCUT2D eigenvalue weighted by molar-refractivity contribution is -0.193. The zero-order valence-electron chi connectivity index (χ0n) is 11.6. The third-order valence-electron chi connectivity index (χ3n) is 1.51. The molecule has 0 bridgehead atoms. The van der Waals surface area contributed by atoms with Crippen molar-refractivity contribution in [2.45, 2.75) is 32.2 Å². The number of carbonyl (C=O) groups is 2. The summed E-state index contributed by atoms with van der Waals surface area (Å²) in [6.45, 7) is 3.92. The average Bonchev–Trinajstić information content (AvgIpc) is 2.75. The predicted molar refractivity (Wildman–Crippen MR) is 66.8 cm³/mol. The van der Waals surface area contributed by atoms with Crippen molar-refractivity contribution in [1.29, 1.82) is 0 Å². The quantitative estimate of drug-likeness (QED) is 0.655. The molecule has 0 fully saturated rings. The van der Waals surface area contributed by atoms with E-state index in [0.29, 0.717) is 0 Å². The molecule has 6 nitrogen and oxygen atoms in total. The first-order chi connectivity index (χ1) is 10.1. The number of aromatic nitrogens is 1. The van der Waals surface area contributed by atoms with Crippen molar-refractivity contribution in [3.8, 4) is 0 Å². The summed E-state index contributed by atoms with van der Waals surface area (Å²) in [7, 11) is 0. The number of thiazole rings is 1. The minimum atomic E-state index is -5.08. The summed E-state index contributed by atoms with van der Waals surface area (Å²) in [5.74, 6) is -5.51. The second-order valence-corrected chi connectivity index (χ2v) is 4.61. The van der Waals surface area contributed by atoms with Gasteiger partial charge in [-0.2, -0.15) is 26.3 Å². The topological polar surface area (TPSA) is 114 Å². The molecule has 1 rings (SSSR count). The standard InChI is InChI=1S/C6H10N2S.2C2HF3O2/c1-4-3-9-6(8-4)5(2)7;2*3-2(4,5)1(6)7/h3,5H,7H2,1-2H3;2*(H,6,7)/t5-;;/m1../s1. The Morgan fingerprint density at radius 2 is 1.43 bits per heavy atom. The Hall–Kier alpha value is -1.89. The minimum absolute atomic E-state index is 0.0868. The van der Waals surface area contributed by atoms with Gasteiger partial charge in [0.15, 0.2) is 0 Å². The lowest BCUT2D eigenvalue weighted by Gasteiger charge is -1.95. The van der Waals surface area contributed by atoms with E-state index in [9.17, 15) is 26.3 Å². The summed E-state index contributed by atoms with van der Waals surface area (Å²) in [5.41, 5.74) is 6.64. The van der Waals surface area contributed by atoms with E-state index in [1.165, 1.54) is 0 Å². The van der Waals surface area contributed by atoms with Gasteiger partial charge in [-0.3, -0.25) is 0 Å². The van der Waals surface area contributed by atoms with Crippen molar-refractivity contribution < 1.29 is 46.1 Å². The summed E-state index contributed by atoms with van der Waals surface area (Å²) in [4.78, 5) is 22.0. The highest BCUT2D eigenvalue weighted by Gasteiger charge is 2.38. The first-order valence-electron chi connectivity index (χ1n) is 5.36. The van der Waals surface area contributed by atoms with Gasteiger partial charge in [-0.25, -0.2) is 14.6 Å². The molecule has 134 valence electrons. The van der Waals surface area contributed by atoms with Crippen LogP contribution in [0.4, 0.5) is 26.3 Å². The van der Waals surface area contributed by atoms with Gasteiger partial charge in [0.1, 0.15) is 5.01 Å². The van der Waals surface area contributed by atoms with Gasteiger partial charge in [0.05, 0.1) is 6.04 Å². The van der Waals surface area contributed by atoms with E-state index in [2.05, 4.69) is 4.98 Å². The van der Waals surface area contributed by atoms with Gasteiger partial charge < -0.3 is 15.9 Å². The fourth-order valence-electron chi connectivity index (χ4n) is 0.581. The first-order valence-corrected chi connectivity index (χ1v) is 6.24. The van der Waals surface area contributed by atoms with E-state index in [1.807, 2.05) is 19.2 Å². The zero-order chi connectivity index (χ0) is 19.0. The van der Waals surface area contributed by atoms with Crippen LogP contribution in [0.25, 0.3) is 0 Å². The van der Waals surface area contributed by atoms with Crippen LogP contribution in [0.2, 0.25) is 0 Å². The molecule has 0 unspecified atom stereocenters. The van der Waals surface area contributed by atoms with Crippen molar-refractivity contribution in [2.24, 2.45) is 5.73 Å².